The maximum absolute atomic E-state index is 12.3. The van der Waals surface area contributed by atoms with Crippen LogP contribution in [0.4, 0.5) is 0 Å². The fourth-order valence-corrected chi connectivity index (χ4v) is 6.03. The molecule has 3 heteroatoms. The standard InChI is InChI=1S/C15H20O3/c1-14(2)7-15-9-4-3-8(14)10(15)5-12(16)11(15)6-18-13(9)17/h8-11H,3-7H2,1-2H3/t8-,9+,10-,11+,15-/m1/s1. The second kappa shape index (κ2) is 3.00. The summed E-state index contributed by atoms with van der Waals surface area (Å²) in [6, 6.07) is 0. The molecule has 4 rings (SSSR count). The monoisotopic (exact) mass is 248 g/mol. The minimum atomic E-state index is -0.0289. The van der Waals surface area contributed by atoms with Crippen molar-refractivity contribution in [3.8, 4) is 0 Å². The first-order chi connectivity index (χ1) is 8.47. The van der Waals surface area contributed by atoms with Crippen molar-refractivity contribution in [2.45, 2.75) is 39.5 Å². The third kappa shape index (κ3) is 0.996. The quantitative estimate of drug-likeness (QED) is 0.617. The van der Waals surface area contributed by atoms with Crippen LogP contribution in [0.3, 0.4) is 0 Å². The van der Waals surface area contributed by atoms with E-state index in [1.807, 2.05) is 0 Å². The maximum Gasteiger partial charge on any atom is 0.309 e. The first-order valence-corrected chi connectivity index (χ1v) is 7.16. The van der Waals surface area contributed by atoms with Crippen LogP contribution >= 0.6 is 0 Å². The van der Waals surface area contributed by atoms with E-state index in [2.05, 4.69) is 13.8 Å². The first-order valence-electron chi connectivity index (χ1n) is 7.16. The van der Waals surface area contributed by atoms with Crippen molar-refractivity contribution in [1.82, 2.24) is 0 Å². The highest BCUT2D eigenvalue weighted by Crippen LogP contribution is 2.73. The zero-order chi connectivity index (χ0) is 12.7. The van der Waals surface area contributed by atoms with Gasteiger partial charge in [-0.1, -0.05) is 13.8 Å². The van der Waals surface area contributed by atoms with Crippen molar-refractivity contribution < 1.29 is 14.3 Å². The highest BCUT2D eigenvalue weighted by molar-refractivity contribution is 5.89. The first kappa shape index (κ1) is 11.0. The predicted octanol–water partition coefficient (Wildman–Crippen LogP) is 2.19. The molecule has 1 spiro atoms. The van der Waals surface area contributed by atoms with Crippen LogP contribution in [0.1, 0.15) is 39.5 Å². The summed E-state index contributed by atoms with van der Waals surface area (Å²) >= 11 is 0. The van der Waals surface area contributed by atoms with Crippen LogP contribution in [0.15, 0.2) is 0 Å². The van der Waals surface area contributed by atoms with Crippen LogP contribution in [0, 0.1) is 34.5 Å². The van der Waals surface area contributed by atoms with Gasteiger partial charge >= 0.3 is 5.97 Å². The minimum absolute atomic E-state index is 0.00530. The van der Waals surface area contributed by atoms with E-state index < -0.39 is 0 Å². The van der Waals surface area contributed by atoms with E-state index in [-0.39, 0.29) is 28.6 Å². The lowest BCUT2D eigenvalue weighted by molar-refractivity contribution is -0.175. The van der Waals surface area contributed by atoms with Gasteiger partial charge in [0.2, 0.25) is 0 Å². The Morgan fingerprint density at radius 1 is 1.11 bits per heavy atom. The number of hydrogen-bond donors (Lipinski definition) is 0. The third-order valence-corrected chi connectivity index (χ3v) is 6.49. The van der Waals surface area contributed by atoms with Gasteiger partial charge in [-0.25, -0.2) is 0 Å². The number of esters is 1. The molecule has 0 amide bonds. The Balaban J connectivity index is 1.90. The molecule has 0 N–H and O–H groups in total. The van der Waals surface area contributed by atoms with Crippen molar-refractivity contribution in [2.24, 2.45) is 34.5 Å². The molecule has 0 aromatic carbocycles. The Morgan fingerprint density at radius 2 is 1.89 bits per heavy atom. The summed E-state index contributed by atoms with van der Waals surface area (Å²) in [6.07, 6.45) is 3.78. The molecule has 0 aromatic heterocycles. The minimum Gasteiger partial charge on any atom is -0.465 e. The fraction of sp³-hybridized carbons (Fsp3) is 0.867. The Hall–Kier alpha value is -0.860. The van der Waals surface area contributed by atoms with Gasteiger partial charge in [-0.05, 0) is 36.5 Å². The summed E-state index contributed by atoms with van der Waals surface area (Å²) < 4.78 is 5.30. The van der Waals surface area contributed by atoms with Gasteiger partial charge < -0.3 is 4.74 Å². The maximum atomic E-state index is 12.3. The van der Waals surface area contributed by atoms with Gasteiger partial charge in [0.25, 0.3) is 0 Å². The highest BCUT2D eigenvalue weighted by atomic mass is 16.5. The summed E-state index contributed by atoms with van der Waals surface area (Å²) in [4.78, 5) is 24.4. The van der Waals surface area contributed by atoms with Crippen molar-refractivity contribution in [1.29, 1.82) is 0 Å². The lowest BCUT2D eigenvalue weighted by atomic mass is 9.58. The highest BCUT2D eigenvalue weighted by Gasteiger charge is 2.72. The molecule has 0 aromatic rings. The van der Waals surface area contributed by atoms with E-state index in [1.54, 1.807) is 0 Å². The second-order valence-electron chi connectivity index (χ2n) is 7.47. The van der Waals surface area contributed by atoms with E-state index in [4.69, 9.17) is 4.74 Å². The topological polar surface area (TPSA) is 43.4 Å². The predicted molar refractivity (Wildman–Crippen MR) is 64.6 cm³/mol. The van der Waals surface area contributed by atoms with Crippen molar-refractivity contribution in [2.75, 3.05) is 6.61 Å². The van der Waals surface area contributed by atoms with Gasteiger partial charge in [-0.2, -0.15) is 0 Å². The number of cyclic esters (lactones) is 1. The normalized spacial score (nSPS) is 52.1. The molecular weight excluding hydrogens is 228 g/mol. The average molecular weight is 248 g/mol. The molecule has 4 fully saturated rings. The molecule has 3 saturated carbocycles. The van der Waals surface area contributed by atoms with Gasteiger partial charge in [-0.15, -0.1) is 0 Å². The molecule has 1 aliphatic heterocycles. The number of carbonyl (C=O) groups is 2. The van der Waals surface area contributed by atoms with Crippen molar-refractivity contribution in [3.05, 3.63) is 0 Å². The number of carbonyl (C=O) groups excluding carboxylic acids is 2. The van der Waals surface area contributed by atoms with Gasteiger partial charge in [0.05, 0.1) is 11.8 Å². The van der Waals surface area contributed by atoms with E-state index in [9.17, 15) is 9.59 Å². The number of ether oxygens (including phenoxy) is 1. The molecule has 3 nitrogen and oxygen atoms in total. The third-order valence-electron chi connectivity index (χ3n) is 6.49. The van der Waals surface area contributed by atoms with Crippen molar-refractivity contribution >= 4 is 11.8 Å². The Morgan fingerprint density at radius 3 is 2.67 bits per heavy atom. The molecule has 2 bridgehead atoms. The molecule has 98 valence electrons. The molecule has 18 heavy (non-hydrogen) atoms. The zero-order valence-electron chi connectivity index (χ0n) is 11.1. The molecule has 1 heterocycles. The summed E-state index contributed by atoms with van der Waals surface area (Å²) in [5.74, 6) is 1.44. The molecule has 0 radical (unpaired) electrons. The summed E-state index contributed by atoms with van der Waals surface area (Å²) in [7, 11) is 0. The van der Waals surface area contributed by atoms with E-state index in [1.165, 1.54) is 0 Å². The number of hydrogen-bond acceptors (Lipinski definition) is 3. The SMILES string of the molecule is CC1(C)C[C@@]23[C@@H]4CC(=O)[C@@H]2COC(=O)[C@@H]3CC[C@H]41. The average Bonchev–Trinajstić information content (AvgIpc) is 2.60. The zero-order valence-corrected chi connectivity index (χ0v) is 11.1. The summed E-state index contributed by atoms with van der Waals surface area (Å²) in [6.45, 7) is 5.01. The van der Waals surface area contributed by atoms with E-state index >= 15 is 0 Å². The number of rotatable bonds is 0. The molecule has 0 unspecified atom stereocenters. The van der Waals surface area contributed by atoms with Crippen LogP contribution in [-0.2, 0) is 14.3 Å². The second-order valence-corrected chi connectivity index (χ2v) is 7.47. The lowest BCUT2D eigenvalue weighted by Crippen LogP contribution is -2.51. The van der Waals surface area contributed by atoms with E-state index in [0.29, 0.717) is 30.6 Å². The van der Waals surface area contributed by atoms with Crippen LogP contribution < -0.4 is 0 Å². The van der Waals surface area contributed by atoms with Gasteiger partial charge in [-0.3, -0.25) is 9.59 Å². The summed E-state index contributed by atoms with van der Waals surface area (Å²) in [5, 5.41) is 0. The molecular formula is C15H20O3. The number of Topliss-reactive ketones (excluding diaryl/α,β-unsaturated/α-hetero) is 1. The number of ketones is 1. The Labute approximate surface area is 107 Å². The van der Waals surface area contributed by atoms with Gasteiger partial charge in [0.1, 0.15) is 12.4 Å². The van der Waals surface area contributed by atoms with Crippen LogP contribution in [-0.4, -0.2) is 18.4 Å². The molecule has 4 aliphatic rings. The molecule has 5 atom stereocenters. The lowest BCUT2D eigenvalue weighted by Gasteiger charge is -2.47. The molecule has 3 aliphatic carbocycles. The van der Waals surface area contributed by atoms with Crippen LogP contribution in [0.2, 0.25) is 0 Å². The Bertz CT molecular complexity index is 451. The van der Waals surface area contributed by atoms with Crippen LogP contribution in [0.25, 0.3) is 0 Å². The largest absolute Gasteiger partial charge is 0.465 e. The van der Waals surface area contributed by atoms with Crippen LogP contribution in [0.5, 0.6) is 0 Å². The van der Waals surface area contributed by atoms with Crippen molar-refractivity contribution in [3.63, 3.8) is 0 Å². The smallest absolute Gasteiger partial charge is 0.309 e. The molecule has 1 saturated heterocycles. The van der Waals surface area contributed by atoms with Gasteiger partial charge in [0.15, 0.2) is 0 Å². The van der Waals surface area contributed by atoms with E-state index in [0.717, 1.165) is 19.3 Å². The Kier molecular flexibility index (Phi) is 1.83. The fourth-order valence-electron chi connectivity index (χ4n) is 6.03. The summed E-state index contributed by atoms with van der Waals surface area (Å²) in [5.41, 5.74) is 0.259. The van der Waals surface area contributed by atoms with Gasteiger partial charge in [0, 0.05) is 11.8 Å².